The summed E-state index contributed by atoms with van der Waals surface area (Å²) in [6.45, 7) is 3.85. The number of carbonyl (C=O) groups excluding carboxylic acids is 1. The van der Waals surface area contributed by atoms with Gasteiger partial charge < -0.3 is 10.3 Å². The first kappa shape index (κ1) is 20.1. The third kappa shape index (κ3) is 4.61. The summed E-state index contributed by atoms with van der Waals surface area (Å²) >= 11 is 12.3. The fraction of sp³-hybridized carbons (Fsp3) is 0.263. The van der Waals surface area contributed by atoms with E-state index >= 15 is 0 Å². The van der Waals surface area contributed by atoms with E-state index in [-0.39, 0.29) is 17.9 Å². The predicted octanol–water partition coefficient (Wildman–Crippen LogP) is 3.51. The highest BCUT2D eigenvalue weighted by atomic mass is 35.5. The van der Waals surface area contributed by atoms with Crippen LogP contribution in [0.2, 0.25) is 10.0 Å². The summed E-state index contributed by atoms with van der Waals surface area (Å²) in [7, 11) is 0. The molecule has 2 N–H and O–H groups in total. The molecule has 0 spiro atoms. The molecule has 3 rings (SSSR count). The highest BCUT2D eigenvalue weighted by Gasteiger charge is 2.13. The normalized spacial score (nSPS) is 10.9. The minimum Gasteiger partial charge on any atom is -0.311 e. The van der Waals surface area contributed by atoms with E-state index in [9.17, 15) is 9.59 Å². The molecule has 0 saturated heterocycles. The molecule has 2 aromatic heterocycles. The minimum absolute atomic E-state index is 0.151. The Bertz CT molecular complexity index is 1070. The Balaban J connectivity index is 1.67. The Labute approximate surface area is 171 Å². The minimum atomic E-state index is -0.224. The smallest absolute Gasteiger partial charge is 0.254 e. The number of aromatic nitrogens is 4. The standard InChI is InChI=1S/C19H19Cl2N5O2/c1-11-14(19(28)24-12(2)23-11)6-7-17(27)25-16-8-9-22-26(16)10-13-4-3-5-15(20)18(13)21/h3-5,8-9H,6-7,10H2,1-2H3,(H,25,27)(H,23,24,28). The molecule has 28 heavy (non-hydrogen) atoms. The number of halogens is 2. The number of nitrogens with one attached hydrogen (secondary N) is 2. The van der Waals surface area contributed by atoms with Crippen LogP contribution >= 0.6 is 23.2 Å². The number of hydrogen-bond donors (Lipinski definition) is 2. The van der Waals surface area contributed by atoms with Crippen molar-refractivity contribution >= 4 is 34.9 Å². The lowest BCUT2D eigenvalue weighted by atomic mass is 10.1. The van der Waals surface area contributed by atoms with Gasteiger partial charge in [0.1, 0.15) is 11.6 Å². The lowest BCUT2D eigenvalue weighted by Crippen LogP contribution is -2.21. The van der Waals surface area contributed by atoms with Crippen molar-refractivity contribution in [1.82, 2.24) is 19.7 Å². The molecule has 3 aromatic rings. The molecule has 0 aliphatic carbocycles. The molecule has 2 heterocycles. The van der Waals surface area contributed by atoms with Gasteiger partial charge in [-0.2, -0.15) is 5.10 Å². The summed E-state index contributed by atoms with van der Waals surface area (Å²) < 4.78 is 1.63. The van der Waals surface area contributed by atoms with Gasteiger partial charge in [-0.05, 0) is 31.9 Å². The lowest BCUT2D eigenvalue weighted by molar-refractivity contribution is -0.116. The van der Waals surface area contributed by atoms with Crippen LogP contribution in [-0.2, 0) is 17.8 Å². The molecule has 0 fully saturated rings. The molecule has 0 aliphatic rings. The van der Waals surface area contributed by atoms with Crippen LogP contribution < -0.4 is 10.9 Å². The SMILES string of the molecule is Cc1nc(C)c(CCC(=O)Nc2ccnn2Cc2cccc(Cl)c2Cl)c(=O)[nH]1. The fourth-order valence-electron chi connectivity index (χ4n) is 2.89. The van der Waals surface area contributed by atoms with E-state index in [0.29, 0.717) is 45.9 Å². The topological polar surface area (TPSA) is 92.7 Å². The molecule has 1 amide bonds. The molecule has 0 saturated carbocycles. The van der Waals surface area contributed by atoms with Crippen molar-refractivity contribution in [2.45, 2.75) is 33.2 Å². The Morgan fingerprint density at radius 3 is 2.79 bits per heavy atom. The summed E-state index contributed by atoms with van der Waals surface area (Å²) in [5, 5.41) is 7.96. The molecule has 1 aromatic carbocycles. The second-order valence-corrected chi connectivity index (χ2v) is 7.14. The van der Waals surface area contributed by atoms with Gasteiger partial charge in [0.15, 0.2) is 0 Å². The lowest BCUT2D eigenvalue weighted by Gasteiger charge is -2.11. The van der Waals surface area contributed by atoms with E-state index in [0.717, 1.165) is 5.56 Å². The highest BCUT2D eigenvalue weighted by Crippen LogP contribution is 2.26. The van der Waals surface area contributed by atoms with Crippen LogP contribution in [0.1, 0.15) is 29.1 Å². The summed E-state index contributed by atoms with van der Waals surface area (Å²) in [4.78, 5) is 31.3. The van der Waals surface area contributed by atoms with Crippen molar-refractivity contribution in [3.05, 3.63) is 73.5 Å². The number of benzene rings is 1. The molecule has 7 nitrogen and oxygen atoms in total. The van der Waals surface area contributed by atoms with Gasteiger partial charge in [-0.15, -0.1) is 0 Å². The molecule has 9 heteroatoms. The fourth-order valence-corrected chi connectivity index (χ4v) is 3.27. The van der Waals surface area contributed by atoms with Crippen molar-refractivity contribution in [3.63, 3.8) is 0 Å². The summed E-state index contributed by atoms with van der Waals surface area (Å²) in [6.07, 6.45) is 2.04. The number of anilines is 1. The maximum atomic E-state index is 12.4. The van der Waals surface area contributed by atoms with E-state index in [1.54, 1.807) is 42.9 Å². The highest BCUT2D eigenvalue weighted by molar-refractivity contribution is 6.42. The number of carbonyl (C=O) groups is 1. The van der Waals surface area contributed by atoms with Gasteiger partial charge in [-0.1, -0.05) is 35.3 Å². The van der Waals surface area contributed by atoms with Crippen molar-refractivity contribution < 1.29 is 4.79 Å². The number of rotatable bonds is 6. The van der Waals surface area contributed by atoms with Crippen LogP contribution in [0, 0.1) is 13.8 Å². The number of H-pyrrole nitrogens is 1. The van der Waals surface area contributed by atoms with E-state index in [1.807, 2.05) is 6.07 Å². The molecule has 0 aliphatic heterocycles. The van der Waals surface area contributed by atoms with Crippen molar-refractivity contribution in [1.29, 1.82) is 0 Å². The molecule has 0 radical (unpaired) electrons. The summed E-state index contributed by atoms with van der Waals surface area (Å²) in [6, 6.07) is 7.06. The quantitative estimate of drug-likeness (QED) is 0.639. The monoisotopic (exact) mass is 419 g/mol. The van der Waals surface area contributed by atoms with Gasteiger partial charge in [-0.3, -0.25) is 9.59 Å². The van der Waals surface area contributed by atoms with E-state index in [4.69, 9.17) is 23.2 Å². The van der Waals surface area contributed by atoms with Crippen molar-refractivity contribution in [2.24, 2.45) is 0 Å². The number of nitrogens with zero attached hydrogens (tertiary/aromatic N) is 3. The van der Waals surface area contributed by atoms with Gasteiger partial charge in [0.05, 0.1) is 22.8 Å². The first-order chi connectivity index (χ1) is 13.3. The van der Waals surface area contributed by atoms with Gasteiger partial charge in [0.25, 0.3) is 5.56 Å². The van der Waals surface area contributed by atoms with Gasteiger partial charge in [-0.25, -0.2) is 9.67 Å². The Morgan fingerprint density at radius 1 is 1.25 bits per heavy atom. The first-order valence-electron chi connectivity index (χ1n) is 8.66. The van der Waals surface area contributed by atoms with Gasteiger partial charge in [0.2, 0.25) is 5.91 Å². The van der Waals surface area contributed by atoms with Crippen LogP contribution in [0.5, 0.6) is 0 Å². The maximum absolute atomic E-state index is 12.4. The Kier molecular flexibility index (Phi) is 6.16. The average molecular weight is 420 g/mol. The molecule has 146 valence electrons. The molecule has 0 bridgehead atoms. The van der Waals surface area contributed by atoms with E-state index in [2.05, 4.69) is 20.4 Å². The second-order valence-electron chi connectivity index (χ2n) is 6.35. The zero-order valence-electron chi connectivity index (χ0n) is 15.4. The van der Waals surface area contributed by atoms with Gasteiger partial charge >= 0.3 is 0 Å². The van der Waals surface area contributed by atoms with Crippen LogP contribution in [0.3, 0.4) is 0 Å². The largest absolute Gasteiger partial charge is 0.311 e. The van der Waals surface area contributed by atoms with Crippen molar-refractivity contribution in [3.8, 4) is 0 Å². The van der Waals surface area contributed by atoms with E-state index < -0.39 is 0 Å². The first-order valence-corrected chi connectivity index (χ1v) is 9.41. The van der Waals surface area contributed by atoms with Crippen LogP contribution in [0.25, 0.3) is 0 Å². The zero-order chi connectivity index (χ0) is 20.3. The molecule has 0 unspecified atom stereocenters. The summed E-state index contributed by atoms with van der Waals surface area (Å²) in [5.41, 5.74) is 1.73. The van der Waals surface area contributed by atoms with Crippen molar-refractivity contribution in [2.75, 3.05) is 5.32 Å². The molecular formula is C19H19Cl2N5O2. The van der Waals surface area contributed by atoms with Crippen LogP contribution in [-0.4, -0.2) is 25.7 Å². The number of amides is 1. The second kappa shape index (κ2) is 8.58. The summed E-state index contributed by atoms with van der Waals surface area (Å²) in [5.74, 6) is 0.867. The van der Waals surface area contributed by atoms with Crippen LogP contribution in [0.4, 0.5) is 5.82 Å². The van der Waals surface area contributed by atoms with Crippen LogP contribution in [0.15, 0.2) is 35.3 Å². The van der Waals surface area contributed by atoms with E-state index in [1.165, 1.54) is 0 Å². The maximum Gasteiger partial charge on any atom is 0.254 e. The number of hydrogen-bond acceptors (Lipinski definition) is 4. The third-order valence-electron chi connectivity index (χ3n) is 4.28. The Morgan fingerprint density at radius 2 is 2.04 bits per heavy atom. The number of aromatic amines is 1. The third-order valence-corrected chi connectivity index (χ3v) is 5.14. The number of aryl methyl sites for hydroxylation is 2. The zero-order valence-corrected chi connectivity index (χ0v) is 16.9. The molecule has 0 atom stereocenters. The molecular weight excluding hydrogens is 401 g/mol. The Hall–Kier alpha value is -2.64. The average Bonchev–Trinajstić information content (AvgIpc) is 3.04. The van der Waals surface area contributed by atoms with Gasteiger partial charge in [0, 0.05) is 23.7 Å². The predicted molar refractivity (Wildman–Crippen MR) is 109 cm³/mol.